The van der Waals surface area contributed by atoms with Crippen LogP contribution in [0.5, 0.6) is 0 Å². The van der Waals surface area contributed by atoms with E-state index in [-0.39, 0.29) is 31.1 Å². The average molecular weight is 610 g/mol. The number of unbranched alkanes of at least 4 members (excludes halogenated alkanes) is 13. The fourth-order valence-corrected chi connectivity index (χ4v) is 3.06. The Morgan fingerprint density at radius 2 is 0.762 bits per heavy atom. The number of nitrogens with one attached hydrogen (secondary N) is 3. The molecule has 11 heteroatoms. The quantitative estimate of drug-likeness (QED) is 0.0388. The summed E-state index contributed by atoms with van der Waals surface area (Å²) in [7, 11) is 5.10. The Labute approximate surface area is 256 Å². The summed E-state index contributed by atoms with van der Waals surface area (Å²) in [6.07, 6.45) is 15.7. The molecule has 42 heavy (non-hydrogen) atoms. The van der Waals surface area contributed by atoms with Crippen LogP contribution in [0.15, 0.2) is 0 Å². The molecule has 0 aliphatic rings. The van der Waals surface area contributed by atoms with Gasteiger partial charge in [0, 0.05) is 19.3 Å². The van der Waals surface area contributed by atoms with E-state index < -0.39 is 11.9 Å². The minimum Gasteiger partial charge on any atom is -0.481 e. The summed E-state index contributed by atoms with van der Waals surface area (Å²) < 4.78 is 4.86. The molecule has 0 aromatic heterocycles. The molecule has 0 aromatic carbocycles. The predicted molar refractivity (Wildman–Crippen MR) is 170 cm³/mol. The highest BCUT2D eigenvalue weighted by Crippen LogP contribution is 2.12. The van der Waals surface area contributed by atoms with Crippen molar-refractivity contribution in [2.45, 2.75) is 162 Å². The third-order valence-electron chi connectivity index (χ3n) is 5.99. The first kappa shape index (κ1) is 47.3. The van der Waals surface area contributed by atoms with Gasteiger partial charge in [-0.2, -0.15) is 0 Å². The Kier molecular flexibility index (Phi) is 44.3. The van der Waals surface area contributed by atoms with E-state index >= 15 is 0 Å². The molecule has 0 fully saturated rings. The number of esters is 2. The maximum Gasteiger partial charge on any atom is 0.313 e. The number of carbonyl (C=O) groups is 3. The van der Waals surface area contributed by atoms with E-state index in [1.165, 1.54) is 32.1 Å². The maximum absolute atomic E-state index is 11.6. The summed E-state index contributed by atoms with van der Waals surface area (Å²) in [4.78, 5) is 33.6. The van der Waals surface area contributed by atoms with Crippen molar-refractivity contribution in [3.05, 3.63) is 0 Å². The molecule has 254 valence electrons. The summed E-state index contributed by atoms with van der Waals surface area (Å²) in [6, 6.07) is 0. The maximum atomic E-state index is 11.6. The molecule has 0 saturated carbocycles. The molecule has 7 N–H and O–H groups in total. The second-order valence-corrected chi connectivity index (χ2v) is 10.3. The molecular weight excluding hydrogens is 542 g/mol. The second-order valence-electron chi connectivity index (χ2n) is 10.3. The molecular formula is C31H67N3O8. The highest BCUT2D eigenvalue weighted by atomic mass is 16.6. The molecule has 3 atom stereocenters. The molecule has 0 amide bonds. The third-order valence-corrected chi connectivity index (χ3v) is 5.99. The summed E-state index contributed by atoms with van der Waals surface area (Å²) in [5.41, 5.74) is 0. The van der Waals surface area contributed by atoms with Gasteiger partial charge in [-0.05, 0) is 61.2 Å². The summed E-state index contributed by atoms with van der Waals surface area (Å²) in [6.45, 7) is 7.21. The smallest absolute Gasteiger partial charge is 0.313 e. The minimum absolute atomic E-state index is 0.249. The molecule has 0 aliphatic heterocycles. The Bertz CT molecular complexity index is 557. The number of carboxylic acid groups (broad SMARTS) is 1. The van der Waals surface area contributed by atoms with Crippen molar-refractivity contribution in [2.24, 2.45) is 0 Å². The van der Waals surface area contributed by atoms with Crippen molar-refractivity contribution >= 4 is 17.9 Å². The van der Waals surface area contributed by atoms with Crippen molar-refractivity contribution in [3.63, 3.8) is 0 Å². The third kappa shape index (κ3) is 58.1. The summed E-state index contributed by atoms with van der Waals surface area (Å²) >= 11 is 0. The van der Waals surface area contributed by atoms with Crippen LogP contribution in [-0.2, 0) is 19.1 Å². The van der Waals surface area contributed by atoms with Gasteiger partial charge in [0.2, 0.25) is 0 Å². The molecule has 0 rings (SSSR count). The highest BCUT2D eigenvalue weighted by molar-refractivity contribution is 5.85. The van der Waals surface area contributed by atoms with Crippen molar-refractivity contribution < 1.29 is 39.5 Å². The largest absolute Gasteiger partial charge is 0.481 e. The van der Waals surface area contributed by atoms with Crippen LogP contribution in [0.4, 0.5) is 0 Å². The number of rotatable bonds is 22. The number of aliphatic carboxylic acids is 1. The van der Waals surface area contributed by atoms with E-state index in [1.807, 2.05) is 0 Å². The van der Waals surface area contributed by atoms with Gasteiger partial charge in [0.15, 0.2) is 0 Å². The summed E-state index contributed by atoms with van der Waals surface area (Å²) in [5.74, 6) is -1.52. The molecule has 11 nitrogen and oxygen atoms in total. The number of ether oxygens (including phenoxy) is 1. The van der Waals surface area contributed by atoms with Crippen molar-refractivity contribution in [3.8, 4) is 0 Å². The Balaban J connectivity index is -0.000000391. The zero-order valence-electron chi connectivity index (χ0n) is 27.9. The Morgan fingerprint density at radius 1 is 0.524 bits per heavy atom. The van der Waals surface area contributed by atoms with Gasteiger partial charge in [0.1, 0.15) is 18.7 Å². The van der Waals surface area contributed by atoms with Crippen LogP contribution in [0, 0.1) is 0 Å². The first-order chi connectivity index (χ1) is 19.9. The lowest BCUT2D eigenvalue weighted by Gasteiger charge is -2.04. The van der Waals surface area contributed by atoms with Crippen LogP contribution in [0.1, 0.15) is 143 Å². The molecule has 0 heterocycles. The van der Waals surface area contributed by atoms with Gasteiger partial charge < -0.3 is 25.2 Å². The molecule has 0 radical (unpaired) electrons. The van der Waals surface area contributed by atoms with E-state index in [0.717, 1.165) is 64.2 Å². The van der Waals surface area contributed by atoms with Crippen LogP contribution in [-0.4, -0.2) is 78.2 Å². The predicted octanol–water partition coefficient (Wildman–Crippen LogP) is 4.81. The molecule has 0 aromatic rings. The Hall–Kier alpha value is -1.63. The summed E-state index contributed by atoms with van der Waals surface area (Å²) in [5, 5.41) is 41.0. The fraction of sp³-hybridized carbons (Fsp3) is 0.903. The average Bonchev–Trinajstić information content (AvgIpc) is 2.94. The standard InChI is InChI=1S/C22H40O5.3C3H9NO/c1-2-3-4-5-6-9-12-15-18-21(25)27-22(26)19-16-13-10-7-8-11-14-17-20(23)24;3*1-3(5)4-2/h2-19H2,1H3,(H,23,24);3*3-5H,1-2H3. The number of carbonyl (C=O) groups excluding carboxylic acids is 2. The first-order valence-electron chi connectivity index (χ1n) is 15.9. The van der Waals surface area contributed by atoms with Gasteiger partial charge in [0.05, 0.1) is 0 Å². The zero-order valence-corrected chi connectivity index (χ0v) is 27.9. The van der Waals surface area contributed by atoms with E-state index in [9.17, 15) is 14.4 Å². The molecule has 0 bridgehead atoms. The number of carboxylic acids is 1. The number of hydrogen-bond acceptors (Lipinski definition) is 10. The molecule has 0 spiro atoms. The van der Waals surface area contributed by atoms with Gasteiger partial charge in [-0.25, -0.2) is 0 Å². The van der Waals surface area contributed by atoms with Crippen LogP contribution >= 0.6 is 0 Å². The Morgan fingerprint density at radius 3 is 1.00 bits per heavy atom. The number of aliphatic hydroxyl groups is 3. The molecule has 0 saturated heterocycles. The van der Waals surface area contributed by atoms with Gasteiger partial charge in [0.25, 0.3) is 0 Å². The van der Waals surface area contributed by atoms with Crippen molar-refractivity contribution in [1.82, 2.24) is 16.0 Å². The van der Waals surface area contributed by atoms with E-state index in [0.29, 0.717) is 12.8 Å². The van der Waals surface area contributed by atoms with Gasteiger partial charge in [-0.15, -0.1) is 0 Å². The van der Waals surface area contributed by atoms with Crippen molar-refractivity contribution in [1.29, 1.82) is 0 Å². The van der Waals surface area contributed by atoms with Gasteiger partial charge >= 0.3 is 17.9 Å². The second kappa shape index (κ2) is 39.4. The van der Waals surface area contributed by atoms with Crippen LogP contribution < -0.4 is 16.0 Å². The van der Waals surface area contributed by atoms with Gasteiger partial charge in [-0.1, -0.05) is 84.0 Å². The van der Waals surface area contributed by atoms with Crippen LogP contribution in [0.2, 0.25) is 0 Å². The zero-order chi connectivity index (χ0) is 33.0. The number of hydrogen-bond donors (Lipinski definition) is 7. The fourth-order valence-electron chi connectivity index (χ4n) is 3.06. The molecule has 0 aliphatic carbocycles. The minimum atomic E-state index is -0.731. The van der Waals surface area contributed by atoms with E-state index in [2.05, 4.69) is 22.9 Å². The van der Waals surface area contributed by atoms with E-state index in [4.69, 9.17) is 25.2 Å². The SMILES string of the molecule is CCCCCCCCCCC(=O)OC(=O)CCCCCCCCCC(=O)O.CNC(C)O.CNC(C)O.CNC(C)O. The van der Waals surface area contributed by atoms with Crippen LogP contribution in [0.25, 0.3) is 0 Å². The lowest BCUT2D eigenvalue weighted by atomic mass is 10.1. The van der Waals surface area contributed by atoms with Crippen molar-refractivity contribution in [2.75, 3.05) is 21.1 Å². The number of aliphatic hydroxyl groups excluding tert-OH is 3. The molecule has 3 unspecified atom stereocenters. The topological polar surface area (TPSA) is 177 Å². The van der Waals surface area contributed by atoms with E-state index in [1.54, 1.807) is 41.9 Å². The highest BCUT2D eigenvalue weighted by Gasteiger charge is 2.09. The van der Waals surface area contributed by atoms with Gasteiger partial charge in [-0.3, -0.25) is 30.3 Å². The first-order valence-corrected chi connectivity index (χ1v) is 15.9. The van der Waals surface area contributed by atoms with Crippen LogP contribution in [0.3, 0.4) is 0 Å². The lowest BCUT2D eigenvalue weighted by Crippen LogP contribution is -2.19. The normalized spacial score (nSPS) is 12.2. The lowest BCUT2D eigenvalue weighted by molar-refractivity contribution is -0.159. The monoisotopic (exact) mass is 609 g/mol.